The summed E-state index contributed by atoms with van der Waals surface area (Å²) in [6.45, 7) is 6.67. The van der Waals surface area contributed by atoms with Crippen molar-refractivity contribution in [1.29, 1.82) is 0 Å². The van der Waals surface area contributed by atoms with Crippen LogP contribution in [0.1, 0.15) is 38.8 Å². The van der Waals surface area contributed by atoms with Gasteiger partial charge in [-0.2, -0.15) is 0 Å². The summed E-state index contributed by atoms with van der Waals surface area (Å²) < 4.78 is 1.25. The number of hydrogen-bond acceptors (Lipinski definition) is 1. The lowest BCUT2D eigenvalue weighted by Crippen LogP contribution is -2.18. The van der Waals surface area contributed by atoms with E-state index in [9.17, 15) is 0 Å². The summed E-state index contributed by atoms with van der Waals surface area (Å²) >= 11 is 2.32. The molecule has 0 aliphatic rings. The summed E-state index contributed by atoms with van der Waals surface area (Å²) in [5.41, 5.74) is 7.68. The topological polar surface area (TPSA) is 26.0 Å². The molecule has 1 aromatic carbocycles. The molecule has 0 saturated heterocycles. The number of rotatable bonds is 2. The van der Waals surface area contributed by atoms with Crippen LogP contribution in [0.15, 0.2) is 24.3 Å². The fourth-order valence-electron chi connectivity index (χ4n) is 1.51. The molecule has 0 aliphatic carbocycles. The highest BCUT2D eigenvalue weighted by Crippen LogP contribution is 2.28. The Bertz CT molecular complexity index is 301. The zero-order valence-electron chi connectivity index (χ0n) is 9.05. The van der Waals surface area contributed by atoms with E-state index in [4.69, 9.17) is 5.73 Å². The lowest BCUT2D eigenvalue weighted by Gasteiger charge is -2.23. The smallest absolute Gasteiger partial charge is 0.0300 e. The van der Waals surface area contributed by atoms with E-state index < -0.39 is 0 Å². The molecule has 2 N–H and O–H groups in total. The Morgan fingerprint density at radius 3 is 2.50 bits per heavy atom. The van der Waals surface area contributed by atoms with Gasteiger partial charge in [0.2, 0.25) is 0 Å². The van der Waals surface area contributed by atoms with Crippen molar-refractivity contribution in [3.63, 3.8) is 0 Å². The highest BCUT2D eigenvalue weighted by atomic mass is 127. The minimum atomic E-state index is 0.157. The van der Waals surface area contributed by atoms with Crippen LogP contribution in [0.3, 0.4) is 0 Å². The maximum absolute atomic E-state index is 6.15. The third-order valence-electron chi connectivity index (χ3n) is 2.11. The number of hydrogen-bond donors (Lipinski definition) is 1. The fourth-order valence-corrected chi connectivity index (χ4v) is 2.08. The predicted octanol–water partition coefficient (Wildman–Crippen LogP) is 3.73. The van der Waals surface area contributed by atoms with Gasteiger partial charge < -0.3 is 5.73 Å². The minimum absolute atomic E-state index is 0.157. The van der Waals surface area contributed by atoms with Gasteiger partial charge in [0.05, 0.1) is 0 Å². The van der Waals surface area contributed by atoms with Crippen LogP contribution in [0.4, 0.5) is 0 Å². The lowest BCUT2D eigenvalue weighted by atomic mass is 9.86. The molecule has 0 aliphatic heterocycles. The van der Waals surface area contributed by atoms with Crippen molar-refractivity contribution < 1.29 is 0 Å². The van der Waals surface area contributed by atoms with Crippen molar-refractivity contribution in [2.24, 2.45) is 11.1 Å². The molecule has 1 nitrogen and oxygen atoms in total. The van der Waals surface area contributed by atoms with E-state index in [1.807, 2.05) is 0 Å². The first-order chi connectivity index (χ1) is 6.38. The van der Waals surface area contributed by atoms with Gasteiger partial charge in [0.15, 0.2) is 0 Å². The van der Waals surface area contributed by atoms with Crippen LogP contribution < -0.4 is 5.73 Å². The van der Waals surface area contributed by atoms with E-state index in [-0.39, 0.29) is 6.04 Å². The zero-order chi connectivity index (χ0) is 10.8. The molecule has 1 unspecified atom stereocenters. The molecule has 1 rings (SSSR count). The molecule has 0 heterocycles. The Morgan fingerprint density at radius 2 is 2.00 bits per heavy atom. The first-order valence-electron chi connectivity index (χ1n) is 4.89. The Kier molecular flexibility index (Phi) is 3.95. The van der Waals surface area contributed by atoms with Crippen molar-refractivity contribution in [3.05, 3.63) is 33.4 Å². The van der Waals surface area contributed by atoms with Crippen LogP contribution in [0.2, 0.25) is 0 Å². The molecule has 78 valence electrons. The van der Waals surface area contributed by atoms with Gasteiger partial charge in [0.1, 0.15) is 0 Å². The van der Waals surface area contributed by atoms with Gasteiger partial charge in [-0.1, -0.05) is 32.9 Å². The Hall–Kier alpha value is -0.0900. The molecule has 0 fully saturated rings. The molecule has 0 amide bonds. The Labute approximate surface area is 100 Å². The van der Waals surface area contributed by atoms with Gasteiger partial charge in [-0.25, -0.2) is 0 Å². The van der Waals surface area contributed by atoms with Crippen molar-refractivity contribution in [2.75, 3.05) is 0 Å². The lowest BCUT2D eigenvalue weighted by molar-refractivity contribution is 0.343. The van der Waals surface area contributed by atoms with Crippen molar-refractivity contribution >= 4 is 22.6 Å². The van der Waals surface area contributed by atoms with Crippen molar-refractivity contribution in [2.45, 2.75) is 33.2 Å². The molecule has 0 radical (unpaired) electrons. The van der Waals surface area contributed by atoms with Crippen molar-refractivity contribution in [1.82, 2.24) is 0 Å². The Balaban J connectivity index is 2.74. The zero-order valence-corrected chi connectivity index (χ0v) is 11.2. The van der Waals surface area contributed by atoms with E-state index in [2.05, 4.69) is 67.6 Å². The third kappa shape index (κ3) is 3.96. The van der Waals surface area contributed by atoms with Gasteiger partial charge in [0.25, 0.3) is 0 Å². The quantitative estimate of drug-likeness (QED) is 0.828. The first-order valence-corrected chi connectivity index (χ1v) is 5.97. The van der Waals surface area contributed by atoms with E-state index in [1.165, 1.54) is 9.13 Å². The highest BCUT2D eigenvalue weighted by Gasteiger charge is 2.16. The summed E-state index contributed by atoms with van der Waals surface area (Å²) in [5.74, 6) is 0. The molecule has 14 heavy (non-hydrogen) atoms. The maximum atomic E-state index is 6.15. The van der Waals surface area contributed by atoms with E-state index in [0.29, 0.717) is 5.41 Å². The van der Waals surface area contributed by atoms with Gasteiger partial charge in [-0.3, -0.25) is 0 Å². The summed E-state index contributed by atoms with van der Waals surface area (Å²) in [6, 6.07) is 8.59. The molecule has 0 saturated carbocycles. The van der Waals surface area contributed by atoms with Crippen LogP contribution in [0.25, 0.3) is 0 Å². The fraction of sp³-hybridized carbons (Fsp3) is 0.500. The van der Waals surface area contributed by atoms with E-state index >= 15 is 0 Å². The van der Waals surface area contributed by atoms with Gasteiger partial charge in [0, 0.05) is 9.61 Å². The largest absolute Gasteiger partial charge is 0.324 e. The second kappa shape index (κ2) is 4.62. The first kappa shape index (κ1) is 12.0. The van der Waals surface area contributed by atoms with Crippen LogP contribution >= 0.6 is 22.6 Å². The molecular weight excluding hydrogens is 285 g/mol. The molecule has 1 atom stereocenters. The maximum Gasteiger partial charge on any atom is 0.0300 e. The second-order valence-electron chi connectivity index (χ2n) is 4.93. The second-order valence-corrected chi connectivity index (χ2v) is 6.17. The monoisotopic (exact) mass is 303 g/mol. The molecule has 0 aromatic heterocycles. The Morgan fingerprint density at radius 1 is 1.36 bits per heavy atom. The summed E-state index contributed by atoms with van der Waals surface area (Å²) in [4.78, 5) is 0. The van der Waals surface area contributed by atoms with E-state index in [1.54, 1.807) is 0 Å². The summed E-state index contributed by atoms with van der Waals surface area (Å²) in [6.07, 6.45) is 1.02. The molecule has 2 heteroatoms. The van der Waals surface area contributed by atoms with Gasteiger partial charge in [-0.05, 0) is 52.1 Å². The summed E-state index contributed by atoms with van der Waals surface area (Å²) in [5, 5.41) is 0. The number of halogens is 1. The normalized spacial score (nSPS) is 14.1. The summed E-state index contributed by atoms with van der Waals surface area (Å²) in [7, 11) is 0. The number of nitrogens with two attached hydrogens (primary N) is 1. The average Bonchev–Trinajstić information content (AvgIpc) is 2.01. The van der Waals surface area contributed by atoms with Crippen LogP contribution in [0, 0.1) is 8.99 Å². The standard InChI is InChI=1S/C12H18IN/c1-12(2,3)8-11(14)9-5-4-6-10(13)7-9/h4-7,11H,8,14H2,1-3H3. The number of benzene rings is 1. The van der Waals surface area contributed by atoms with Crippen molar-refractivity contribution in [3.8, 4) is 0 Å². The van der Waals surface area contributed by atoms with Gasteiger partial charge >= 0.3 is 0 Å². The molecular formula is C12H18IN. The average molecular weight is 303 g/mol. The minimum Gasteiger partial charge on any atom is -0.324 e. The SMILES string of the molecule is CC(C)(C)CC(N)c1cccc(I)c1. The third-order valence-corrected chi connectivity index (χ3v) is 2.78. The molecule has 0 bridgehead atoms. The van der Waals surface area contributed by atoms with Crippen LogP contribution in [0.5, 0.6) is 0 Å². The molecule has 1 aromatic rings. The van der Waals surface area contributed by atoms with Crippen LogP contribution in [-0.2, 0) is 0 Å². The predicted molar refractivity (Wildman–Crippen MR) is 70.2 cm³/mol. The highest BCUT2D eigenvalue weighted by molar-refractivity contribution is 14.1. The van der Waals surface area contributed by atoms with Crippen LogP contribution in [-0.4, -0.2) is 0 Å². The van der Waals surface area contributed by atoms with E-state index in [0.717, 1.165) is 6.42 Å². The van der Waals surface area contributed by atoms with Gasteiger partial charge in [-0.15, -0.1) is 0 Å². The molecule has 0 spiro atoms.